The Hall–Kier alpha value is -1.66. The predicted octanol–water partition coefficient (Wildman–Crippen LogP) is 3.91. The minimum Gasteiger partial charge on any atom is -0.368 e. The van der Waals surface area contributed by atoms with Gasteiger partial charge in [0.1, 0.15) is 23.4 Å². The van der Waals surface area contributed by atoms with Crippen LogP contribution in [0.15, 0.2) is 28.7 Å². The summed E-state index contributed by atoms with van der Waals surface area (Å²) >= 11 is 3.44. The number of benzene rings is 1. The van der Waals surface area contributed by atoms with Gasteiger partial charge in [0.05, 0.1) is 0 Å². The summed E-state index contributed by atoms with van der Waals surface area (Å²) in [6.07, 6.45) is 1.52. The minimum atomic E-state index is -0.372. The van der Waals surface area contributed by atoms with Crippen molar-refractivity contribution in [2.45, 2.75) is 32.8 Å². The molecule has 128 valence electrons. The Morgan fingerprint density at radius 1 is 1.42 bits per heavy atom. The lowest BCUT2D eigenvalue weighted by molar-refractivity contribution is -0.126. The molecule has 1 aliphatic rings. The van der Waals surface area contributed by atoms with E-state index in [1.54, 1.807) is 0 Å². The number of anilines is 1. The van der Waals surface area contributed by atoms with Crippen molar-refractivity contribution in [3.63, 3.8) is 0 Å². The average molecular weight is 392 g/mol. The third-order valence-electron chi connectivity index (χ3n) is 4.67. The first kappa shape index (κ1) is 17.2. The van der Waals surface area contributed by atoms with Gasteiger partial charge in [-0.3, -0.25) is 4.79 Å². The minimum absolute atomic E-state index is 0.0827. The fraction of sp³-hybridized carbons (Fsp3) is 0.444. The lowest BCUT2D eigenvalue weighted by Gasteiger charge is -2.17. The van der Waals surface area contributed by atoms with Crippen LogP contribution in [0, 0.1) is 12.8 Å². The monoisotopic (exact) mass is 391 g/mol. The molecule has 0 bridgehead atoms. The SMILES string of the molecule is CC[C@@H]1CCO[C@@H]1C(=O)Nc1c(-c2ccc(Br)cc2)nc(C)n1C. The Bertz CT molecular complexity index is 739. The second-order valence-electron chi connectivity index (χ2n) is 6.16. The maximum absolute atomic E-state index is 12.7. The van der Waals surface area contributed by atoms with Crippen LogP contribution in [0.3, 0.4) is 0 Å². The smallest absolute Gasteiger partial charge is 0.254 e. The summed E-state index contributed by atoms with van der Waals surface area (Å²) in [4.78, 5) is 17.3. The van der Waals surface area contributed by atoms with Crippen molar-refractivity contribution in [1.82, 2.24) is 9.55 Å². The zero-order chi connectivity index (χ0) is 17.3. The van der Waals surface area contributed by atoms with Gasteiger partial charge in [-0.25, -0.2) is 4.98 Å². The van der Waals surface area contributed by atoms with E-state index in [0.29, 0.717) is 12.4 Å². The summed E-state index contributed by atoms with van der Waals surface area (Å²) in [5, 5.41) is 3.04. The van der Waals surface area contributed by atoms with Crippen LogP contribution < -0.4 is 5.32 Å². The van der Waals surface area contributed by atoms with E-state index in [4.69, 9.17) is 4.74 Å². The Balaban J connectivity index is 1.90. The van der Waals surface area contributed by atoms with Crippen molar-refractivity contribution < 1.29 is 9.53 Å². The quantitative estimate of drug-likeness (QED) is 0.859. The number of carbonyl (C=O) groups excluding carboxylic acids is 1. The molecule has 1 amide bonds. The van der Waals surface area contributed by atoms with Gasteiger partial charge in [-0.1, -0.05) is 41.4 Å². The molecule has 2 aromatic rings. The third-order valence-corrected chi connectivity index (χ3v) is 5.20. The van der Waals surface area contributed by atoms with E-state index in [2.05, 4.69) is 33.2 Å². The number of imidazole rings is 1. The standard InChI is InChI=1S/C18H22BrN3O2/c1-4-12-9-10-24-16(12)18(23)21-17-15(20-11(2)22(17)3)13-5-7-14(19)8-6-13/h5-8,12,16H,4,9-10H2,1-3H3,(H,21,23)/t12-,16+/m1/s1. The molecular formula is C18H22BrN3O2. The Morgan fingerprint density at radius 3 is 2.79 bits per heavy atom. The molecule has 1 saturated heterocycles. The molecule has 2 atom stereocenters. The van der Waals surface area contributed by atoms with Crippen LogP contribution in [-0.2, 0) is 16.6 Å². The zero-order valence-corrected chi connectivity index (χ0v) is 15.8. The molecule has 1 aromatic heterocycles. The molecule has 0 spiro atoms. The van der Waals surface area contributed by atoms with E-state index in [1.165, 1.54) is 0 Å². The third kappa shape index (κ3) is 3.26. The van der Waals surface area contributed by atoms with Crippen molar-refractivity contribution in [3.8, 4) is 11.3 Å². The number of nitrogens with one attached hydrogen (secondary N) is 1. The number of amides is 1. The number of aromatic nitrogens is 2. The van der Waals surface area contributed by atoms with E-state index >= 15 is 0 Å². The fourth-order valence-corrected chi connectivity index (χ4v) is 3.36. The number of nitrogens with zero attached hydrogens (tertiary/aromatic N) is 2. The molecule has 0 saturated carbocycles. The maximum atomic E-state index is 12.7. The van der Waals surface area contributed by atoms with E-state index in [-0.39, 0.29) is 17.9 Å². The van der Waals surface area contributed by atoms with Crippen molar-refractivity contribution in [2.75, 3.05) is 11.9 Å². The molecular weight excluding hydrogens is 370 g/mol. The predicted molar refractivity (Wildman–Crippen MR) is 97.8 cm³/mol. The molecule has 0 aliphatic carbocycles. The van der Waals surface area contributed by atoms with E-state index in [9.17, 15) is 4.79 Å². The van der Waals surface area contributed by atoms with Crippen molar-refractivity contribution in [3.05, 3.63) is 34.6 Å². The molecule has 2 heterocycles. The van der Waals surface area contributed by atoms with Gasteiger partial charge >= 0.3 is 0 Å². The van der Waals surface area contributed by atoms with E-state index in [1.807, 2.05) is 42.8 Å². The van der Waals surface area contributed by atoms with Crippen LogP contribution in [0.4, 0.5) is 5.82 Å². The Kier molecular flexibility index (Phi) is 5.06. The fourth-order valence-electron chi connectivity index (χ4n) is 3.09. The summed E-state index contributed by atoms with van der Waals surface area (Å²) in [5.74, 6) is 1.77. The summed E-state index contributed by atoms with van der Waals surface area (Å²) in [5.41, 5.74) is 1.75. The molecule has 1 fully saturated rings. The lowest BCUT2D eigenvalue weighted by atomic mass is 9.98. The summed E-state index contributed by atoms with van der Waals surface area (Å²) < 4.78 is 8.57. The summed E-state index contributed by atoms with van der Waals surface area (Å²) in [6.45, 7) is 4.68. The molecule has 6 heteroatoms. The Morgan fingerprint density at radius 2 is 2.12 bits per heavy atom. The molecule has 5 nitrogen and oxygen atoms in total. The van der Waals surface area contributed by atoms with E-state index < -0.39 is 0 Å². The normalized spacial score (nSPS) is 20.3. The van der Waals surface area contributed by atoms with Gasteiger partial charge < -0.3 is 14.6 Å². The first-order valence-corrected chi connectivity index (χ1v) is 9.02. The number of hydrogen-bond donors (Lipinski definition) is 1. The first-order chi connectivity index (χ1) is 11.5. The van der Waals surface area contributed by atoms with Gasteiger partial charge in [0.25, 0.3) is 5.91 Å². The van der Waals surface area contributed by atoms with E-state index in [0.717, 1.165) is 34.4 Å². The number of carbonyl (C=O) groups is 1. The number of ether oxygens (including phenoxy) is 1. The van der Waals surface area contributed by atoms with Gasteiger partial charge in [-0.05, 0) is 31.4 Å². The van der Waals surface area contributed by atoms with Crippen molar-refractivity contribution >= 4 is 27.7 Å². The van der Waals surface area contributed by atoms with Crippen LogP contribution in [0.5, 0.6) is 0 Å². The van der Waals surface area contributed by atoms with Gasteiger partial charge in [-0.2, -0.15) is 0 Å². The highest BCUT2D eigenvalue weighted by atomic mass is 79.9. The molecule has 0 radical (unpaired) electrons. The number of aryl methyl sites for hydroxylation is 1. The maximum Gasteiger partial charge on any atom is 0.254 e. The van der Waals surface area contributed by atoms with Crippen molar-refractivity contribution in [1.29, 1.82) is 0 Å². The molecule has 0 unspecified atom stereocenters. The highest BCUT2D eigenvalue weighted by molar-refractivity contribution is 9.10. The van der Waals surface area contributed by atoms with Gasteiger partial charge in [0, 0.05) is 23.7 Å². The summed E-state index contributed by atoms with van der Waals surface area (Å²) in [6, 6.07) is 7.92. The second kappa shape index (κ2) is 7.07. The van der Waals surface area contributed by atoms with Crippen LogP contribution in [0.25, 0.3) is 11.3 Å². The lowest BCUT2D eigenvalue weighted by Crippen LogP contribution is -2.33. The topological polar surface area (TPSA) is 56.1 Å². The average Bonchev–Trinajstić information content (AvgIpc) is 3.16. The van der Waals surface area contributed by atoms with Crippen LogP contribution in [0.2, 0.25) is 0 Å². The van der Waals surface area contributed by atoms with Crippen LogP contribution >= 0.6 is 15.9 Å². The number of rotatable bonds is 4. The second-order valence-corrected chi connectivity index (χ2v) is 7.08. The summed E-state index contributed by atoms with van der Waals surface area (Å²) in [7, 11) is 1.91. The van der Waals surface area contributed by atoms with Crippen molar-refractivity contribution in [2.24, 2.45) is 13.0 Å². The molecule has 1 aliphatic heterocycles. The highest BCUT2D eigenvalue weighted by Gasteiger charge is 2.33. The van der Waals surface area contributed by atoms with Crippen LogP contribution in [-0.4, -0.2) is 28.2 Å². The highest BCUT2D eigenvalue weighted by Crippen LogP contribution is 2.31. The first-order valence-electron chi connectivity index (χ1n) is 8.23. The molecule has 1 N–H and O–H groups in total. The number of hydrogen-bond acceptors (Lipinski definition) is 3. The Labute approximate surface area is 150 Å². The zero-order valence-electron chi connectivity index (χ0n) is 14.2. The number of halogens is 1. The van der Waals surface area contributed by atoms with Crippen LogP contribution in [0.1, 0.15) is 25.6 Å². The molecule has 24 heavy (non-hydrogen) atoms. The largest absolute Gasteiger partial charge is 0.368 e. The van der Waals surface area contributed by atoms with Gasteiger partial charge in [0.15, 0.2) is 0 Å². The molecule has 1 aromatic carbocycles. The molecule has 3 rings (SSSR count). The van der Waals surface area contributed by atoms with Gasteiger partial charge in [0.2, 0.25) is 0 Å². The van der Waals surface area contributed by atoms with Gasteiger partial charge in [-0.15, -0.1) is 0 Å².